The average molecular weight is 707 g/mol. The van der Waals surface area contributed by atoms with Crippen molar-refractivity contribution in [2.75, 3.05) is 0 Å². The third-order valence-corrected chi connectivity index (χ3v) is 16.1. The maximum absolute atomic E-state index is 7.02. The van der Waals surface area contributed by atoms with Crippen LogP contribution in [0.15, 0.2) is 17.0 Å². The number of fused-ring (bicyclic) bond motifs is 2. The fourth-order valence-corrected chi connectivity index (χ4v) is 10.6. The van der Waals surface area contributed by atoms with Crippen LogP contribution in [0.4, 0.5) is 0 Å². The first kappa shape index (κ1) is 43.3. The highest BCUT2D eigenvalue weighted by atomic mass is 14.3. The van der Waals surface area contributed by atoms with Gasteiger partial charge in [0.1, 0.15) is 165 Å². The third-order valence-electron chi connectivity index (χ3n) is 16.1. The van der Waals surface area contributed by atoms with Crippen LogP contribution in [-0.2, 0) is 0 Å². The fourth-order valence-electron chi connectivity index (χ4n) is 10.6. The molecule has 6 rings (SSSR count). The van der Waals surface area contributed by atoms with Crippen molar-refractivity contribution in [1.29, 1.82) is 0 Å². The molecule has 0 heterocycles. The van der Waals surface area contributed by atoms with Crippen LogP contribution >= 0.6 is 0 Å². The average Bonchev–Trinajstić information content (AvgIpc) is 3.40. The SMILES string of the molecule is BC/C(B)=C(/B)c1c(C#C)c(-c2c(B)c(B)c(B)c(B)c2B)c2c(B)c(B)c(B)c(B)c2c1-c1c(B)c(-c2c(B)c(B)c(B)c(B)c2B)cc2c1C(B)=C(B)C2B. The van der Waals surface area contributed by atoms with Crippen molar-refractivity contribution in [1.82, 2.24) is 0 Å². The highest BCUT2D eigenvalue weighted by Gasteiger charge is 2.34. The quantitative estimate of drug-likeness (QED) is 0.126. The van der Waals surface area contributed by atoms with Crippen molar-refractivity contribution in [3.8, 4) is 45.7 Å². The van der Waals surface area contributed by atoms with Crippen LogP contribution in [0, 0.1) is 12.3 Å². The zero-order valence-corrected chi connectivity index (χ0v) is 39.4. The molecule has 0 N–H and O–H groups in total. The van der Waals surface area contributed by atoms with Crippen molar-refractivity contribution < 1.29 is 0 Å². The molecule has 0 nitrogen and oxygen atoms in total. The monoisotopic (exact) mass is 711 g/mol. The van der Waals surface area contributed by atoms with E-state index >= 15 is 0 Å². The van der Waals surface area contributed by atoms with E-state index in [1.165, 1.54) is 165 Å². The molecule has 0 bridgehead atoms. The van der Waals surface area contributed by atoms with Gasteiger partial charge < -0.3 is 0 Å². The summed E-state index contributed by atoms with van der Waals surface area (Å²) in [7, 11) is 49.0. The fraction of sp³-hybridized carbons (Fsp3) is 0.0556. The highest BCUT2D eigenvalue weighted by Crippen LogP contribution is 2.48. The van der Waals surface area contributed by atoms with Crippen LogP contribution in [0.2, 0.25) is 6.32 Å². The number of hydrogen-bond acceptors (Lipinski definition) is 0. The highest BCUT2D eigenvalue weighted by molar-refractivity contribution is 6.72. The summed E-state index contributed by atoms with van der Waals surface area (Å²) in [6.45, 7) is 0. The summed E-state index contributed by atoms with van der Waals surface area (Å²) in [4.78, 5) is 0. The van der Waals surface area contributed by atoms with Gasteiger partial charge in [-0.1, -0.05) is 67.5 Å². The second-order valence-electron chi connectivity index (χ2n) is 18.1. The van der Waals surface area contributed by atoms with E-state index in [1.807, 2.05) is 0 Å². The third kappa shape index (κ3) is 6.14. The molecule has 0 amide bonds. The Balaban J connectivity index is 2.07. The number of hydrogen-bond donors (Lipinski definition) is 0. The lowest BCUT2D eigenvalue weighted by molar-refractivity contribution is 1.23. The minimum atomic E-state index is 0.317. The van der Waals surface area contributed by atoms with E-state index in [9.17, 15) is 0 Å². The van der Waals surface area contributed by atoms with Gasteiger partial charge in [-0.15, -0.1) is 61.1 Å². The van der Waals surface area contributed by atoms with Crippen molar-refractivity contribution in [3.05, 3.63) is 39.3 Å². The van der Waals surface area contributed by atoms with E-state index in [1.54, 1.807) is 0 Å². The standard InChI is InChI=1S/C36H47B21/c1-2-5-9(17-26(47)33(54)36(57)34(55)27(17)48)14-16(25(46)32(53)31(52)24(14)45)13(10(5)20(41)8(38)4-37)15-11-6(19(40)28(49)21(11)42)3-7(18(15)39)12-22(43)29(50)35(56)30(51)23(12)44/h1,3,19H,4,37-57H2/b20-8-. The Morgan fingerprint density at radius 1 is 0.491 bits per heavy atom. The first-order chi connectivity index (χ1) is 26.6. The maximum Gasteiger partial charge on any atom is 0.140 e. The smallest absolute Gasteiger partial charge is 0.123 e. The molecular formula is C36H47B21. The molecule has 1 aliphatic carbocycles. The minimum Gasteiger partial charge on any atom is -0.123 e. The molecule has 0 aromatic heterocycles. The lowest BCUT2D eigenvalue weighted by Gasteiger charge is -2.32. The molecule has 1 unspecified atom stereocenters. The van der Waals surface area contributed by atoms with Gasteiger partial charge in [0.25, 0.3) is 0 Å². The number of terminal acetylenes is 1. The van der Waals surface area contributed by atoms with E-state index in [2.05, 4.69) is 177 Å². The number of allylic oxidation sites excluding steroid dienone is 2. The van der Waals surface area contributed by atoms with Gasteiger partial charge in [-0.05, 0) is 61.1 Å². The topological polar surface area (TPSA) is 0 Å². The van der Waals surface area contributed by atoms with Gasteiger partial charge in [0.05, 0.1) is 0 Å². The predicted octanol–water partition coefficient (Wildman–Crippen LogP) is -22.7. The van der Waals surface area contributed by atoms with E-state index in [0.717, 1.165) is 11.9 Å². The zero-order valence-electron chi connectivity index (χ0n) is 39.4. The normalized spacial score (nSPS) is 14.1. The molecule has 0 aliphatic heterocycles. The summed E-state index contributed by atoms with van der Waals surface area (Å²) >= 11 is 0. The van der Waals surface area contributed by atoms with E-state index < -0.39 is 0 Å². The van der Waals surface area contributed by atoms with Crippen LogP contribution in [-0.4, -0.2) is 165 Å². The summed E-state index contributed by atoms with van der Waals surface area (Å²) in [5.41, 5.74) is 39.0. The molecule has 0 saturated heterocycles. The second-order valence-corrected chi connectivity index (χ2v) is 18.1. The van der Waals surface area contributed by atoms with Crippen LogP contribution in [0.1, 0.15) is 28.1 Å². The molecule has 21 heteroatoms. The van der Waals surface area contributed by atoms with Gasteiger partial charge in [-0.2, -0.15) is 0 Å². The van der Waals surface area contributed by atoms with Crippen LogP contribution in [0.5, 0.6) is 0 Å². The molecule has 5 aromatic rings. The Labute approximate surface area is 363 Å². The van der Waals surface area contributed by atoms with Crippen molar-refractivity contribution >= 4 is 268 Å². The van der Waals surface area contributed by atoms with E-state index in [4.69, 9.17) is 6.42 Å². The molecule has 1 atom stereocenters. The Kier molecular flexibility index (Phi) is 11.7. The number of benzene rings is 5. The van der Waals surface area contributed by atoms with Gasteiger partial charge in [-0.3, -0.25) is 0 Å². The summed E-state index contributed by atoms with van der Waals surface area (Å²) in [6, 6.07) is 2.57. The maximum atomic E-state index is 7.02. The Morgan fingerprint density at radius 2 is 0.895 bits per heavy atom. The minimum absolute atomic E-state index is 0.317. The van der Waals surface area contributed by atoms with Crippen molar-refractivity contribution in [2.24, 2.45) is 0 Å². The molecule has 57 heavy (non-hydrogen) atoms. The van der Waals surface area contributed by atoms with Crippen LogP contribution in [0.25, 0.3) is 55.1 Å². The van der Waals surface area contributed by atoms with Gasteiger partial charge in [0.15, 0.2) is 0 Å². The lowest BCUT2D eigenvalue weighted by Crippen LogP contribution is -2.55. The molecule has 1 aliphatic rings. The second kappa shape index (κ2) is 15.4. The molecule has 0 spiro atoms. The summed E-state index contributed by atoms with van der Waals surface area (Å²) in [6.07, 6.45) is 7.98. The summed E-state index contributed by atoms with van der Waals surface area (Å²) in [5, 5.41) is 2.67. The molecule has 254 valence electrons. The molecular weight excluding hydrogens is 659 g/mol. The lowest BCUT2D eigenvalue weighted by atomic mass is 9.56. The van der Waals surface area contributed by atoms with E-state index in [0.29, 0.717) is 5.82 Å². The van der Waals surface area contributed by atoms with Gasteiger partial charge in [0, 0.05) is 11.1 Å². The predicted molar refractivity (Wildman–Crippen MR) is 324 cm³/mol. The molecule has 0 fully saturated rings. The first-order valence-corrected chi connectivity index (χ1v) is 21.3. The Bertz CT molecular complexity index is 2730. The first-order valence-electron chi connectivity index (χ1n) is 21.3. The van der Waals surface area contributed by atoms with Crippen LogP contribution in [0.3, 0.4) is 0 Å². The van der Waals surface area contributed by atoms with E-state index in [-0.39, 0.29) is 0 Å². The van der Waals surface area contributed by atoms with Gasteiger partial charge in [0.2, 0.25) is 0 Å². The Hall–Kier alpha value is -3.24. The summed E-state index contributed by atoms with van der Waals surface area (Å²) in [5.74, 6) is 3.79. The Morgan fingerprint density at radius 3 is 1.33 bits per heavy atom. The molecule has 0 saturated carbocycles. The summed E-state index contributed by atoms with van der Waals surface area (Å²) < 4.78 is 0. The van der Waals surface area contributed by atoms with Crippen molar-refractivity contribution in [2.45, 2.75) is 12.1 Å². The molecule has 5 aromatic carbocycles. The van der Waals surface area contributed by atoms with Crippen LogP contribution < -0.4 is 81.9 Å². The van der Waals surface area contributed by atoms with Gasteiger partial charge in [-0.25, -0.2) is 0 Å². The zero-order chi connectivity index (χ0) is 42.6. The van der Waals surface area contributed by atoms with Gasteiger partial charge >= 0.3 is 0 Å². The molecule has 0 radical (unpaired) electrons. The largest absolute Gasteiger partial charge is 0.140 e. The van der Waals surface area contributed by atoms with Crippen molar-refractivity contribution in [3.63, 3.8) is 0 Å². The number of rotatable bonds is 5.